The summed E-state index contributed by atoms with van der Waals surface area (Å²) in [6, 6.07) is 7.42. The topological polar surface area (TPSA) is 41.1 Å². The summed E-state index contributed by atoms with van der Waals surface area (Å²) in [5, 5.41) is 6.63. The molecule has 1 aromatic rings. The second-order valence-electron chi connectivity index (χ2n) is 4.24. The zero-order valence-corrected chi connectivity index (χ0v) is 11.1. The summed E-state index contributed by atoms with van der Waals surface area (Å²) < 4.78 is 0. The Labute approximate surface area is 108 Å². The average Bonchev–Trinajstić information content (AvgIpc) is 2.30. The van der Waals surface area contributed by atoms with Crippen LogP contribution in [0.1, 0.15) is 12.5 Å². The van der Waals surface area contributed by atoms with Crippen molar-refractivity contribution in [2.45, 2.75) is 13.3 Å². The van der Waals surface area contributed by atoms with Gasteiger partial charge in [-0.1, -0.05) is 36.7 Å². The van der Waals surface area contributed by atoms with Crippen LogP contribution in [-0.4, -0.2) is 26.0 Å². The Bertz CT molecular complexity index is 368. The van der Waals surface area contributed by atoms with Crippen LogP contribution in [-0.2, 0) is 11.2 Å². The number of hydrogen-bond acceptors (Lipinski definition) is 2. The minimum atomic E-state index is 0.0149. The average molecular weight is 255 g/mol. The lowest BCUT2D eigenvalue weighted by Gasteiger charge is -2.12. The van der Waals surface area contributed by atoms with Gasteiger partial charge in [-0.3, -0.25) is 4.79 Å². The van der Waals surface area contributed by atoms with Gasteiger partial charge in [0.25, 0.3) is 0 Å². The molecule has 0 aromatic heterocycles. The van der Waals surface area contributed by atoms with Crippen molar-refractivity contribution in [1.82, 2.24) is 10.6 Å². The van der Waals surface area contributed by atoms with Crippen molar-refractivity contribution in [3.63, 3.8) is 0 Å². The highest BCUT2D eigenvalue weighted by Crippen LogP contribution is 2.15. The SMILES string of the molecule is CNCC(C)CNC(=O)Cc1ccccc1Cl. The van der Waals surface area contributed by atoms with E-state index in [1.165, 1.54) is 0 Å². The second-order valence-corrected chi connectivity index (χ2v) is 4.64. The van der Waals surface area contributed by atoms with E-state index in [2.05, 4.69) is 17.6 Å². The van der Waals surface area contributed by atoms with Crippen LogP contribution in [0.2, 0.25) is 5.02 Å². The lowest BCUT2D eigenvalue weighted by atomic mass is 10.1. The van der Waals surface area contributed by atoms with Gasteiger partial charge >= 0.3 is 0 Å². The molecule has 2 N–H and O–H groups in total. The van der Waals surface area contributed by atoms with Gasteiger partial charge in [-0.15, -0.1) is 0 Å². The molecule has 0 radical (unpaired) electrons. The molecule has 1 unspecified atom stereocenters. The molecule has 0 aliphatic heterocycles. The Balaban J connectivity index is 2.37. The lowest BCUT2D eigenvalue weighted by Crippen LogP contribution is -2.33. The largest absolute Gasteiger partial charge is 0.355 e. The molecule has 0 heterocycles. The molecule has 0 aliphatic carbocycles. The molecule has 0 spiro atoms. The Morgan fingerprint density at radius 2 is 2.06 bits per heavy atom. The molecule has 3 nitrogen and oxygen atoms in total. The number of nitrogens with one attached hydrogen (secondary N) is 2. The Kier molecular flexibility index (Phi) is 6.01. The highest BCUT2D eigenvalue weighted by Gasteiger charge is 2.07. The number of halogens is 1. The van der Waals surface area contributed by atoms with Crippen LogP contribution in [0.15, 0.2) is 24.3 Å². The van der Waals surface area contributed by atoms with Crippen LogP contribution in [0.25, 0.3) is 0 Å². The molecule has 94 valence electrons. The molecule has 4 heteroatoms. The zero-order valence-electron chi connectivity index (χ0n) is 10.3. The smallest absolute Gasteiger partial charge is 0.224 e. The summed E-state index contributed by atoms with van der Waals surface area (Å²) in [7, 11) is 1.90. The first kappa shape index (κ1) is 14.0. The second kappa shape index (κ2) is 7.30. The quantitative estimate of drug-likeness (QED) is 0.814. The molecule has 0 aliphatic rings. The zero-order chi connectivity index (χ0) is 12.7. The monoisotopic (exact) mass is 254 g/mol. The van der Waals surface area contributed by atoms with E-state index in [4.69, 9.17) is 11.6 Å². The third-order valence-corrected chi connectivity index (χ3v) is 2.88. The van der Waals surface area contributed by atoms with E-state index in [-0.39, 0.29) is 5.91 Å². The molecule has 1 rings (SSSR count). The summed E-state index contributed by atoms with van der Waals surface area (Å²) in [6.07, 6.45) is 0.339. The number of hydrogen-bond donors (Lipinski definition) is 2. The number of rotatable bonds is 6. The van der Waals surface area contributed by atoms with E-state index in [1.807, 2.05) is 25.2 Å². The summed E-state index contributed by atoms with van der Waals surface area (Å²) >= 11 is 5.99. The minimum Gasteiger partial charge on any atom is -0.355 e. The van der Waals surface area contributed by atoms with Crippen LogP contribution in [0.4, 0.5) is 0 Å². The molecular weight excluding hydrogens is 236 g/mol. The maximum Gasteiger partial charge on any atom is 0.224 e. The van der Waals surface area contributed by atoms with E-state index in [1.54, 1.807) is 6.07 Å². The summed E-state index contributed by atoms with van der Waals surface area (Å²) in [5.41, 5.74) is 0.868. The predicted octanol–water partition coefficient (Wildman–Crippen LogP) is 1.85. The number of benzene rings is 1. The van der Waals surface area contributed by atoms with Gasteiger partial charge in [-0.05, 0) is 31.1 Å². The first-order valence-corrected chi connectivity index (χ1v) is 6.16. The van der Waals surface area contributed by atoms with Crippen LogP contribution in [0, 0.1) is 5.92 Å². The van der Waals surface area contributed by atoms with Crippen LogP contribution < -0.4 is 10.6 Å². The molecule has 1 amide bonds. The Hall–Kier alpha value is -1.06. The number of amides is 1. The van der Waals surface area contributed by atoms with E-state index < -0.39 is 0 Å². The predicted molar refractivity (Wildman–Crippen MR) is 71.3 cm³/mol. The van der Waals surface area contributed by atoms with Crippen molar-refractivity contribution < 1.29 is 4.79 Å². The standard InChI is InChI=1S/C13H19ClN2O/c1-10(8-15-2)9-16-13(17)7-11-5-3-4-6-12(11)14/h3-6,10,15H,7-9H2,1-2H3,(H,16,17). The van der Waals surface area contributed by atoms with Crippen molar-refractivity contribution in [1.29, 1.82) is 0 Å². The minimum absolute atomic E-state index is 0.0149. The fourth-order valence-corrected chi connectivity index (χ4v) is 1.79. The van der Waals surface area contributed by atoms with Gasteiger partial charge in [0, 0.05) is 11.6 Å². The summed E-state index contributed by atoms with van der Waals surface area (Å²) in [4.78, 5) is 11.7. The van der Waals surface area contributed by atoms with Gasteiger partial charge in [0.2, 0.25) is 5.91 Å². The van der Waals surface area contributed by atoms with Gasteiger partial charge in [-0.2, -0.15) is 0 Å². The van der Waals surface area contributed by atoms with E-state index >= 15 is 0 Å². The lowest BCUT2D eigenvalue weighted by molar-refractivity contribution is -0.120. The van der Waals surface area contributed by atoms with Gasteiger partial charge in [0.1, 0.15) is 0 Å². The van der Waals surface area contributed by atoms with Gasteiger partial charge in [0.05, 0.1) is 6.42 Å². The van der Waals surface area contributed by atoms with Crippen molar-refractivity contribution in [3.05, 3.63) is 34.9 Å². The van der Waals surface area contributed by atoms with Crippen molar-refractivity contribution in [3.8, 4) is 0 Å². The number of carbonyl (C=O) groups excluding carboxylic acids is 1. The van der Waals surface area contributed by atoms with Crippen molar-refractivity contribution >= 4 is 17.5 Å². The fourth-order valence-electron chi connectivity index (χ4n) is 1.59. The van der Waals surface area contributed by atoms with Crippen LogP contribution in [0.5, 0.6) is 0 Å². The normalized spacial score (nSPS) is 12.2. The molecule has 17 heavy (non-hydrogen) atoms. The third-order valence-electron chi connectivity index (χ3n) is 2.51. The number of carbonyl (C=O) groups is 1. The molecule has 0 saturated heterocycles. The molecule has 0 fully saturated rings. The van der Waals surface area contributed by atoms with Gasteiger partial charge in [0.15, 0.2) is 0 Å². The fraction of sp³-hybridized carbons (Fsp3) is 0.462. The molecular formula is C13H19ClN2O. The maximum absolute atomic E-state index is 11.7. The Morgan fingerprint density at radius 3 is 2.71 bits per heavy atom. The van der Waals surface area contributed by atoms with Crippen LogP contribution >= 0.6 is 11.6 Å². The van der Waals surface area contributed by atoms with Gasteiger partial charge in [-0.25, -0.2) is 0 Å². The molecule has 1 aromatic carbocycles. The highest BCUT2D eigenvalue weighted by atomic mass is 35.5. The van der Waals surface area contributed by atoms with E-state index in [0.29, 0.717) is 23.9 Å². The summed E-state index contributed by atoms with van der Waals surface area (Å²) in [5.74, 6) is 0.441. The summed E-state index contributed by atoms with van der Waals surface area (Å²) in [6.45, 7) is 3.67. The first-order valence-electron chi connectivity index (χ1n) is 5.78. The highest BCUT2D eigenvalue weighted by molar-refractivity contribution is 6.31. The molecule has 0 bridgehead atoms. The van der Waals surface area contributed by atoms with Crippen LogP contribution in [0.3, 0.4) is 0 Å². The van der Waals surface area contributed by atoms with E-state index in [9.17, 15) is 4.79 Å². The maximum atomic E-state index is 11.7. The molecule has 0 saturated carbocycles. The van der Waals surface area contributed by atoms with Gasteiger partial charge < -0.3 is 10.6 Å². The van der Waals surface area contributed by atoms with Crippen molar-refractivity contribution in [2.75, 3.05) is 20.1 Å². The third kappa shape index (κ3) is 5.20. The van der Waals surface area contributed by atoms with Crippen molar-refractivity contribution in [2.24, 2.45) is 5.92 Å². The molecule has 1 atom stereocenters. The first-order chi connectivity index (χ1) is 8.13. The van der Waals surface area contributed by atoms with E-state index in [0.717, 1.165) is 12.1 Å². The Morgan fingerprint density at radius 1 is 1.35 bits per heavy atom.